The number of halogens is 3. The number of anilines is 2. The number of alkyl halides is 3. The molecule has 4 rings (SSSR count). The number of imide groups is 1. The summed E-state index contributed by atoms with van der Waals surface area (Å²) in [6, 6.07) is 13.2. The molecule has 0 radical (unpaired) electrons. The molecule has 0 fully saturated rings. The minimum Gasteiger partial charge on any atom is -0.478 e. The molecule has 0 aromatic heterocycles. The number of carbonyl (C=O) groups is 4. The lowest BCUT2D eigenvalue weighted by Crippen LogP contribution is -2.29. The van der Waals surface area contributed by atoms with E-state index in [-0.39, 0.29) is 27.9 Å². The van der Waals surface area contributed by atoms with Gasteiger partial charge >= 0.3 is 12.1 Å². The summed E-state index contributed by atoms with van der Waals surface area (Å²) in [7, 11) is 0. The highest BCUT2D eigenvalue weighted by molar-refractivity contribution is 6.34. The standard InChI is InChI=1S/C23H13F3N2O5/c24-23(25,26)17-6-1-2-7-18(17)27-19(29)12-4-3-5-14(10-12)28-20(30)15-9-8-13(22(32)33)11-16(15)21(28)31/h1-11H,(H,27,29)(H,32,33). The first kappa shape index (κ1) is 21.8. The lowest BCUT2D eigenvalue weighted by molar-refractivity contribution is -0.136. The summed E-state index contributed by atoms with van der Waals surface area (Å²) in [4.78, 5) is 50.1. The van der Waals surface area contributed by atoms with E-state index < -0.39 is 41.1 Å². The molecule has 0 saturated carbocycles. The number of carboxylic acids is 1. The van der Waals surface area contributed by atoms with Crippen molar-refractivity contribution in [3.8, 4) is 0 Å². The minimum absolute atomic E-state index is 0.000964. The van der Waals surface area contributed by atoms with Crippen molar-refractivity contribution < 1.29 is 37.5 Å². The number of nitrogens with zero attached hydrogens (tertiary/aromatic N) is 1. The van der Waals surface area contributed by atoms with Crippen molar-refractivity contribution in [3.05, 3.63) is 94.5 Å². The van der Waals surface area contributed by atoms with Gasteiger partial charge in [0.25, 0.3) is 17.7 Å². The predicted molar refractivity (Wildman–Crippen MR) is 110 cm³/mol. The van der Waals surface area contributed by atoms with E-state index in [1.165, 1.54) is 48.5 Å². The Balaban J connectivity index is 1.64. The number of hydrogen-bond donors (Lipinski definition) is 2. The van der Waals surface area contributed by atoms with Gasteiger partial charge in [-0.05, 0) is 48.5 Å². The van der Waals surface area contributed by atoms with Crippen LogP contribution in [0.3, 0.4) is 0 Å². The van der Waals surface area contributed by atoms with Crippen LogP contribution < -0.4 is 10.2 Å². The quantitative estimate of drug-likeness (QED) is 0.567. The highest BCUT2D eigenvalue weighted by Crippen LogP contribution is 2.35. The molecule has 3 amide bonds. The maximum absolute atomic E-state index is 13.2. The van der Waals surface area contributed by atoms with E-state index in [1.54, 1.807) is 0 Å². The van der Waals surface area contributed by atoms with Gasteiger partial charge in [0.15, 0.2) is 0 Å². The molecule has 0 saturated heterocycles. The van der Waals surface area contributed by atoms with Gasteiger partial charge in [-0.2, -0.15) is 13.2 Å². The zero-order valence-corrected chi connectivity index (χ0v) is 16.5. The van der Waals surface area contributed by atoms with Gasteiger partial charge in [-0.15, -0.1) is 0 Å². The highest BCUT2D eigenvalue weighted by Gasteiger charge is 2.37. The maximum atomic E-state index is 13.2. The van der Waals surface area contributed by atoms with Crippen LogP contribution in [0.5, 0.6) is 0 Å². The Morgan fingerprint density at radius 1 is 0.818 bits per heavy atom. The van der Waals surface area contributed by atoms with Gasteiger partial charge in [0, 0.05) is 5.56 Å². The average Bonchev–Trinajstić information content (AvgIpc) is 3.03. The molecule has 2 N–H and O–H groups in total. The van der Waals surface area contributed by atoms with Gasteiger partial charge < -0.3 is 10.4 Å². The van der Waals surface area contributed by atoms with E-state index in [1.807, 2.05) is 0 Å². The molecule has 0 spiro atoms. The number of carbonyl (C=O) groups excluding carboxylic acids is 3. The van der Waals surface area contributed by atoms with Gasteiger partial charge in [0.05, 0.1) is 33.6 Å². The van der Waals surface area contributed by atoms with E-state index in [2.05, 4.69) is 5.32 Å². The number of para-hydroxylation sites is 1. The van der Waals surface area contributed by atoms with Crippen molar-refractivity contribution in [2.24, 2.45) is 0 Å². The lowest BCUT2D eigenvalue weighted by Gasteiger charge is -2.16. The maximum Gasteiger partial charge on any atom is 0.418 e. The third-order valence-corrected chi connectivity index (χ3v) is 4.98. The van der Waals surface area contributed by atoms with E-state index in [4.69, 9.17) is 5.11 Å². The largest absolute Gasteiger partial charge is 0.478 e. The molecular formula is C23H13F3N2O5. The third-order valence-electron chi connectivity index (χ3n) is 4.98. The van der Waals surface area contributed by atoms with Crippen LogP contribution in [0.25, 0.3) is 0 Å². The number of aromatic carboxylic acids is 1. The van der Waals surface area contributed by atoms with Gasteiger partial charge in [-0.3, -0.25) is 14.4 Å². The molecule has 1 aliphatic rings. The van der Waals surface area contributed by atoms with Crippen LogP contribution in [0.1, 0.15) is 47.0 Å². The number of fused-ring (bicyclic) bond motifs is 1. The summed E-state index contributed by atoms with van der Waals surface area (Å²) >= 11 is 0. The first-order valence-corrected chi connectivity index (χ1v) is 9.41. The Hall–Kier alpha value is -4.47. The summed E-state index contributed by atoms with van der Waals surface area (Å²) in [6.07, 6.45) is -4.68. The van der Waals surface area contributed by atoms with Gasteiger partial charge in [-0.1, -0.05) is 18.2 Å². The molecule has 7 nitrogen and oxygen atoms in total. The van der Waals surface area contributed by atoms with Crippen molar-refractivity contribution in [3.63, 3.8) is 0 Å². The first-order chi connectivity index (χ1) is 15.6. The number of rotatable bonds is 4. The predicted octanol–water partition coefficient (Wildman–Crippen LogP) is 4.46. The summed E-state index contributed by atoms with van der Waals surface area (Å²) in [6.45, 7) is 0. The molecule has 3 aromatic rings. The Morgan fingerprint density at radius 2 is 1.52 bits per heavy atom. The molecule has 0 aliphatic carbocycles. The third kappa shape index (κ3) is 3.93. The van der Waals surface area contributed by atoms with E-state index in [9.17, 15) is 32.3 Å². The number of hydrogen-bond acceptors (Lipinski definition) is 4. The Kier molecular flexibility index (Phi) is 5.21. The van der Waals surface area contributed by atoms with Crippen LogP contribution in [0.15, 0.2) is 66.7 Å². The average molecular weight is 454 g/mol. The fourth-order valence-corrected chi connectivity index (χ4v) is 3.43. The van der Waals surface area contributed by atoms with Crippen LogP contribution in [0.4, 0.5) is 24.5 Å². The van der Waals surface area contributed by atoms with Crippen molar-refractivity contribution in [1.29, 1.82) is 0 Å². The summed E-state index contributed by atoms with van der Waals surface area (Å²) in [5.41, 5.74) is -1.82. The number of carboxylic acid groups (broad SMARTS) is 1. The second-order valence-electron chi connectivity index (χ2n) is 7.06. The second-order valence-corrected chi connectivity index (χ2v) is 7.06. The number of amides is 3. The van der Waals surface area contributed by atoms with Gasteiger partial charge in [0.1, 0.15) is 0 Å². The molecule has 0 unspecified atom stereocenters. The van der Waals surface area contributed by atoms with E-state index in [0.717, 1.165) is 23.1 Å². The second kappa shape index (κ2) is 7.90. The summed E-state index contributed by atoms with van der Waals surface area (Å²) in [5, 5.41) is 11.3. The normalized spacial score (nSPS) is 13.1. The Morgan fingerprint density at radius 3 is 2.21 bits per heavy atom. The molecule has 10 heteroatoms. The fourth-order valence-electron chi connectivity index (χ4n) is 3.43. The van der Waals surface area contributed by atoms with Crippen LogP contribution in [-0.2, 0) is 6.18 Å². The highest BCUT2D eigenvalue weighted by atomic mass is 19.4. The molecule has 166 valence electrons. The SMILES string of the molecule is O=C(O)c1ccc2c(c1)C(=O)N(c1cccc(C(=O)Nc3ccccc3C(F)(F)F)c1)C2=O. The Bertz CT molecular complexity index is 1330. The molecule has 1 aliphatic heterocycles. The van der Waals surface area contributed by atoms with Crippen LogP contribution in [0, 0.1) is 0 Å². The van der Waals surface area contributed by atoms with E-state index >= 15 is 0 Å². The summed E-state index contributed by atoms with van der Waals surface area (Å²) < 4.78 is 39.6. The smallest absolute Gasteiger partial charge is 0.418 e. The Labute approximate surface area is 184 Å². The fraction of sp³-hybridized carbons (Fsp3) is 0.0435. The lowest BCUT2D eigenvalue weighted by atomic mass is 10.1. The molecule has 33 heavy (non-hydrogen) atoms. The number of nitrogens with one attached hydrogen (secondary N) is 1. The molecule has 0 bridgehead atoms. The molecule has 1 heterocycles. The number of benzene rings is 3. The van der Waals surface area contributed by atoms with Crippen molar-refractivity contribution in [1.82, 2.24) is 0 Å². The van der Waals surface area contributed by atoms with Crippen LogP contribution in [-0.4, -0.2) is 28.8 Å². The van der Waals surface area contributed by atoms with Crippen LogP contribution >= 0.6 is 0 Å². The van der Waals surface area contributed by atoms with Crippen molar-refractivity contribution in [2.45, 2.75) is 6.18 Å². The molecule has 3 aromatic carbocycles. The molecular weight excluding hydrogens is 441 g/mol. The molecule has 0 atom stereocenters. The van der Waals surface area contributed by atoms with Crippen molar-refractivity contribution >= 4 is 35.1 Å². The minimum atomic E-state index is -4.68. The summed E-state index contributed by atoms with van der Waals surface area (Å²) in [5.74, 6) is -3.64. The van der Waals surface area contributed by atoms with E-state index in [0.29, 0.717) is 0 Å². The van der Waals surface area contributed by atoms with Gasteiger partial charge in [0.2, 0.25) is 0 Å². The van der Waals surface area contributed by atoms with Crippen LogP contribution in [0.2, 0.25) is 0 Å². The topological polar surface area (TPSA) is 104 Å². The van der Waals surface area contributed by atoms with Crippen molar-refractivity contribution in [2.75, 3.05) is 10.2 Å². The monoisotopic (exact) mass is 454 g/mol. The zero-order chi connectivity index (χ0) is 23.9. The van der Waals surface area contributed by atoms with Gasteiger partial charge in [-0.25, -0.2) is 9.69 Å². The zero-order valence-electron chi connectivity index (χ0n) is 16.5. The first-order valence-electron chi connectivity index (χ1n) is 9.41.